The number of halogens is 1. The van der Waals surface area contributed by atoms with E-state index in [0.717, 1.165) is 4.90 Å². The number of anilines is 1. The summed E-state index contributed by atoms with van der Waals surface area (Å²) in [5, 5.41) is 3.15. The molecule has 2 aromatic carbocycles. The highest BCUT2D eigenvalue weighted by Gasteiger charge is 2.16. The van der Waals surface area contributed by atoms with Gasteiger partial charge in [0.25, 0.3) is 0 Å². The van der Waals surface area contributed by atoms with E-state index >= 15 is 0 Å². The van der Waals surface area contributed by atoms with E-state index < -0.39 is 0 Å². The molecule has 2 aromatic rings. The van der Waals surface area contributed by atoms with Gasteiger partial charge in [0.1, 0.15) is 0 Å². The van der Waals surface area contributed by atoms with Gasteiger partial charge in [-0.15, -0.1) is 11.8 Å². The summed E-state index contributed by atoms with van der Waals surface area (Å²) in [5.41, 5.74) is 1.31. The third kappa shape index (κ3) is 4.61. The van der Waals surface area contributed by atoms with E-state index in [0.29, 0.717) is 16.3 Å². The maximum atomic E-state index is 12.4. The third-order valence-electron chi connectivity index (χ3n) is 2.99. The first-order valence-corrected chi connectivity index (χ1v) is 8.05. The highest BCUT2D eigenvalue weighted by atomic mass is 35.5. The van der Waals surface area contributed by atoms with Gasteiger partial charge in [0.15, 0.2) is 5.78 Å². The van der Waals surface area contributed by atoms with Crippen molar-refractivity contribution in [3.8, 4) is 0 Å². The first-order valence-electron chi connectivity index (χ1n) is 6.80. The lowest BCUT2D eigenvalue weighted by atomic mass is 10.1. The molecular weight excluding hydrogens is 318 g/mol. The minimum absolute atomic E-state index is 0.0503. The second-order valence-electron chi connectivity index (χ2n) is 4.84. The van der Waals surface area contributed by atoms with Crippen molar-refractivity contribution in [2.24, 2.45) is 0 Å². The standard InChI is InChI=1S/C17H16ClNO2S/c1-11(22-16-9-5-14(18)6-10-16)17(21)13-3-7-15(8-4-13)19-12(2)20/h3-11H,1-2H3,(H,19,20). The second-order valence-corrected chi connectivity index (χ2v) is 6.69. The summed E-state index contributed by atoms with van der Waals surface area (Å²) < 4.78 is 0. The van der Waals surface area contributed by atoms with Crippen LogP contribution in [0.25, 0.3) is 0 Å². The largest absolute Gasteiger partial charge is 0.326 e. The number of carbonyl (C=O) groups is 2. The molecule has 0 fully saturated rings. The van der Waals surface area contributed by atoms with Gasteiger partial charge in [-0.1, -0.05) is 11.6 Å². The number of ketones is 1. The highest BCUT2D eigenvalue weighted by molar-refractivity contribution is 8.00. The van der Waals surface area contributed by atoms with Crippen molar-refractivity contribution in [3.05, 3.63) is 59.1 Å². The molecular formula is C17H16ClNO2S. The van der Waals surface area contributed by atoms with Crippen molar-refractivity contribution in [2.45, 2.75) is 24.0 Å². The first kappa shape index (κ1) is 16.6. The number of rotatable bonds is 5. The Morgan fingerprint density at radius 1 is 1.05 bits per heavy atom. The number of benzene rings is 2. The molecule has 0 aromatic heterocycles. The second kappa shape index (κ2) is 7.47. The normalized spacial score (nSPS) is 11.8. The fraction of sp³-hybridized carbons (Fsp3) is 0.176. The molecule has 1 amide bonds. The van der Waals surface area contributed by atoms with E-state index in [1.165, 1.54) is 18.7 Å². The lowest BCUT2D eigenvalue weighted by Gasteiger charge is -2.11. The molecule has 3 nitrogen and oxygen atoms in total. The number of carbonyl (C=O) groups excluding carboxylic acids is 2. The van der Waals surface area contributed by atoms with Crippen molar-refractivity contribution in [2.75, 3.05) is 5.32 Å². The summed E-state index contributed by atoms with van der Waals surface area (Å²) in [6, 6.07) is 14.3. The molecule has 1 atom stereocenters. The van der Waals surface area contributed by atoms with Crippen LogP contribution in [0, 0.1) is 0 Å². The van der Waals surface area contributed by atoms with Crippen molar-refractivity contribution < 1.29 is 9.59 Å². The number of nitrogens with one attached hydrogen (secondary N) is 1. The smallest absolute Gasteiger partial charge is 0.221 e. The van der Waals surface area contributed by atoms with Crippen LogP contribution in [0.2, 0.25) is 5.02 Å². The Bertz CT molecular complexity index is 668. The topological polar surface area (TPSA) is 46.2 Å². The summed E-state index contributed by atoms with van der Waals surface area (Å²) >= 11 is 7.34. The van der Waals surface area contributed by atoms with Crippen LogP contribution >= 0.6 is 23.4 Å². The molecule has 2 rings (SSSR count). The summed E-state index contributed by atoms with van der Waals surface area (Å²) in [6.07, 6.45) is 0. The molecule has 0 saturated carbocycles. The monoisotopic (exact) mass is 333 g/mol. The van der Waals surface area contributed by atoms with E-state index in [1.807, 2.05) is 31.2 Å². The van der Waals surface area contributed by atoms with Crippen LogP contribution in [0.1, 0.15) is 24.2 Å². The van der Waals surface area contributed by atoms with Gasteiger partial charge < -0.3 is 5.32 Å². The predicted octanol–water partition coefficient (Wildman–Crippen LogP) is 4.66. The van der Waals surface area contributed by atoms with Gasteiger partial charge >= 0.3 is 0 Å². The molecule has 0 aliphatic heterocycles. The van der Waals surface area contributed by atoms with Gasteiger partial charge in [-0.25, -0.2) is 0 Å². The summed E-state index contributed by atoms with van der Waals surface area (Å²) in [7, 11) is 0. The lowest BCUT2D eigenvalue weighted by molar-refractivity contribution is -0.114. The van der Waals surface area contributed by atoms with Gasteiger partial charge in [0.2, 0.25) is 5.91 Å². The van der Waals surface area contributed by atoms with Gasteiger partial charge in [0, 0.05) is 28.1 Å². The number of hydrogen-bond acceptors (Lipinski definition) is 3. The average molecular weight is 334 g/mol. The van der Waals surface area contributed by atoms with Gasteiger partial charge in [-0.3, -0.25) is 9.59 Å². The summed E-state index contributed by atoms with van der Waals surface area (Å²) in [6.45, 7) is 3.33. The van der Waals surface area contributed by atoms with Crippen molar-refractivity contribution >= 4 is 40.7 Å². The number of Topliss-reactive ketones (excluding diaryl/α,β-unsaturated/α-hetero) is 1. The van der Waals surface area contributed by atoms with Crippen LogP contribution in [0.15, 0.2) is 53.4 Å². The van der Waals surface area contributed by atoms with Crippen molar-refractivity contribution in [1.82, 2.24) is 0 Å². The Morgan fingerprint density at radius 3 is 2.18 bits per heavy atom. The molecule has 0 bridgehead atoms. The molecule has 0 saturated heterocycles. The Labute approximate surface area is 139 Å². The fourth-order valence-electron chi connectivity index (χ4n) is 1.93. The van der Waals surface area contributed by atoms with Gasteiger partial charge in [-0.05, 0) is 55.5 Å². The average Bonchev–Trinajstić information content (AvgIpc) is 2.49. The minimum atomic E-state index is -0.201. The molecule has 1 unspecified atom stereocenters. The van der Waals surface area contributed by atoms with Crippen LogP contribution in [0.3, 0.4) is 0 Å². The number of amides is 1. The van der Waals surface area contributed by atoms with Gasteiger partial charge in [-0.2, -0.15) is 0 Å². The van der Waals surface area contributed by atoms with Crippen LogP contribution < -0.4 is 5.32 Å². The molecule has 22 heavy (non-hydrogen) atoms. The van der Waals surface area contributed by atoms with Crippen molar-refractivity contribution in [1.29, 1.82) is 0 Å². The third-order valence-corrected chi connectivity index (χ3v) is 4.35. The minimum Gasteiger partial charge on any atom is -0.326 e. The molecule has 114 valence electrons. The molecule has 0 radical (unpaired) electrons. The van der Waals surface area contributed by atoms with E-state index in [1.54, 1.807) is 24.3 Å². The Balaban J connectivity index is 2.03. The zero-order valence-electron chi connectivity index (χ0n) is 12.3. The predicted molar refractivity (Wildman–Crippen MR) is 91.8 cm³/mol. The first-order chi connectivity index (χ1) is 10.5. The molecule has 0 aliphatic carbocycles. The SMILES string of the molecule is CC(=O)Nc1ccc(C(=O)C(C)Sc2ccc(Cl)cc2)cc1. The van der Waals surface area contributed by atoms with E-state index in [4.69, 9.17) is 11.6 Å². The maximum absolute atomic E-state index is 12.4. The lowest BCUT2D eigenvalue weighted by Crippen LogP contribution is -2.13. The quantitative estimate of drug-likeness (QED) is 0.639. The van der Waals surface area contributed by atoms with Crippen LogP contribution in [-0.2, 0) is 4.79 Å². The zero-order valence-corrected chi connectivity index (χ0v) is 13.9. The van der Waals surface area contributed by atoms with Crippen LogP contribution in [0.4, 0.5) is 5.69 Å². The van der Waals surface area contributed by atoms with E-state index in [2.05, 4.69) is 5.32 Å². The Morgan fingerprint density at radius 2 is 1.64 bits per heavy atom. The summed E-state index contributed by atoms with van der Waals surface area (Å²) in [4.78, 5) is 24.4. The molecule has 0 spiro atoms. The maximum Gasteiger partial charge on any atom is 0.221 e. The molecule has 1 N–H and O–H groups in total. The van der Waals surface area contributed by atoms with Crippen LogP contribution in [-0.4, -0.2) is 16.9 Å². The van der Waals surface area contributed by atoms with Crippen LogP contribution in [0.5, 0.6) is 0 Å². The van der Waals surface area contributed by atoms with Gasteiger partial charge in [0.05, 0.1) is 5.25 Å². The molecule has 0 aliphatic rings. The van der Waals surface area contributed by atoms with E-state index in [-0.39, 0.29) is 16.9 Å². The van der Waals surface area contributed by atoms with E-state index in [9.17, 15) is 9.59 Å². The number of thioether (sulfide) groups is 1. The summed E-state index contributed by atoms with van der Waals surface area (Å²) in [5.74, 6) is -0.0833. The fourth-order valence-corrected chi connectivity index (χ4v) is 3.00. The van der Waals surface area contributed by atoms with Crippen molar-refractivity contribution in [3.63, 3.8) is 0 Å². The zero-order chi connectivity index (χ0) is 16.1. The molecule has 5 heteroatoms. The Kier molecular flexibility index (Phi) is 5.63. The molecule has 0 heterocycles. The Hall–Kier alpha value is -1.78. The number of hydrogen-bond donors (Lipinski definition) is 1. The highest BCUT2D eigenvalue weighted by Crippen LogP contribution is 2.27.